The van der Waals surface area contributed by atoms with Gasteiger partial charge in [0.1, 0.15) is 0 Å². The van der Waals surface area contributed by atoms with E-state index in [1.807, 2.05) is 74.7 Å². The summed E-state index contributed by atoms with van der Waals surface area (Å²) in [6, 6.07) is 13.5. The molecular formula is C26H27N5O2. The minimum atomic E-state index is -0.344. The maximum Gasteiger partial charge on any atom is 0.279 e. The molecule has 0 saturated carbocycles. The molecule has 1 amide bonds. The Hall–Kier alpha value is -4.00. The van der Waals surface area contributed by atoms with Crippen LogP contribution >= 0.6 is 0 Å². The number of anilines is 1. The van der Waals surface area contributed by atoms with Gasteiger partial charge < -0.3 is 9.88 Å². The van der Waals surface area contributed by atoms with Crippen LogP contribution in [0, 0.1) is 27.7 Å². The minimum Gasteiger partial charge on any atom is -0.326 e. The summed E-state index contributed by atoms with van der Waals surface area (Å²) in [6.07, 6.45) is 1.67. The molecule has 0 fully saturated rings. The van der Waals surface area contributed by atoms with Gasteiger partial charge in [-0.05, 0) is 51.0 Å². The quantitative estimate of drug-likeness (QED) is 0.456. The summed E-state index contributed by atoms with van der Waals surface area (Å²) in [5.74, 6) is 0.620. The Bertz CT molecular complexity index is 1430. The molecule has 0 radical (unpaired) electrons. The third-order valence-corrected chi connectivity index (χ3v) is 5.87. The zero-order valence-electron chi connectivity index (χ0n) is 19.3. The van der Waals surface area contributed by atoms with E-state index in [-0.39, 0.29) is 17.9 Å². The summed E-state index contributed by atoms with van der Waals surface area (Å²) < 4.78 is 3.14. The fraction of sp³-hybridized carbons (Fsp3) is 0.231. The number of allylic oxidation sites excluding steroid dienone is 1. The lowest BCUT2D eigenvalue weighted by molar-refractivity contribution is -0.115. The molecule has 0 bridgehead atoms. The van der Waals surface area contributed by atoms with Gasteiger partial charge in [0.2, 0.25) is 11.7 Å². The second-order valence-electron chi connectivity index (χ2n) is 8.31. The van der Waals surface area contributed by atoms with Gasteiger partial charge in [-0.1, -0.05) is 42.0 Å². The number of carbonyl (C=O) groups is 1. The zero-order valence-corrected chi connectivity index (χ0v) is 19.3. The molecule has 4 rings (SSSR count). The molecule has 0 unspecified atom stereocenters. The number of rotatable bonds is 6. The minimum absolute atomic E-state index is 0.0651. The highest BCUT2D eigenvalue weighted by molar-refractivity contribution is 5.92. The van der Waals surface area contributed by atoms with Gasteiger partial charge in [0.25, 0.3) is 5.56 Å². The van der Waals surface area contributed by atoms with Gasteiger partial charge in [0.05, 0.1) is 6.42 Å². The number of amides is 1. The van der Waals surface area contributed by atoms with E-state index >= 15 is 0 Å². The maximum absolute atomic E-state index is 13.3. The largest absolute Gasteiger partial charge is 0.326 e. The van der Waals surface area contributed by atoms with E-state index in [0.29, 0.717) is 35.1 Å². The van der Waals surface area contributed by atoms with Crippen LogP contribution in [0.25, 0.3) is 17.2 Å². The average Bonchev–Trinajstić information content (AvgIpc) is 3.23. The second-order valence-corrected chi connectivity index (χ2v) is 8.31. The number of hydrogen-bond acceptors (Lipinski definition) is 4. The van der Waals surface area contributed by atoms with Crippen LogP contribution in [0.3, 0.4) is 0 Å². The summed E-state index contributed by atoms with van der Waals surface area (Å²) in [4.78, 5) is 30.8. The Morgan fingerprint density at radius 1 is 1.06 bits per heavy atom. The van der Waals surface area contributed by atoms with E-state index in [9.17, 15) is 9.59 Å². The summed E-state index contributed by atoms with van der Waals surface area (Å²) in [5, 5.41) is 7.37. The van der Waals surface area contributed by atoms with Crippen molar-refractivity contribution in [1.29, 1.82) is 0 Å². The first-order valence-corrected chi connectivity index (χ1v) is 10.8. The van der Waals surface area contributed by atoms with Crippen LogP contribution in [0.15, 0.2) is 59.9 Å². The molecule has 33 heavy (non-hydrogen) atoms. The number of nitrogens with one attached hydrogen (secondary N) is 1. The topological polar surface area (TPSA) is 81.3 Å². The lowest BCUT2D eigenvalue weighted by Gasteiger charge is -2.14. The molecule has 4 aromatic rings. The molecule has 0 atom stereocenters. The highest BCUT2D eigenvalue weighted by Gasteiger charge is 2.20. The van der Waals surface area contributed by atoms with Crippen LogP contribution in [0.1, 0.15) is 27.9 Å². The van der Waals surface area contributed by atoms with Gasteiger partial charge in [-0.3, -0.25) is 9.59 Å². The lowest BCUT2D eigenvalue weighted by Crippen LogP contribution is -2.29. The van der Waals surface area contributed by atoms with Crippen LogP contribution in [0.2, 0.25) is 0 Å². The van der Waals surface area contributed by atoms with Crippen LogP contribution in [-0.4, -0.2) is 25.1 Å². The van der Waals surface area contributed by atoms with E-state index in [4.69, 9.17) is 0 Å². The lowest BCUT2D eigenvalue weighted by atomic mass is 10.1. The molecule has 0 spiro atoms. The molecule has 2 aromatic heterocycles. The van der Waals surface area contributed by atoms with E-state index in [1.54, 1.807) is 6.08 Å². The Morgan fingerprint density at radius 3 is 2.45 bits per heavy atom. The number of carbonyl (C=O) groups excluding carboxylic acids is 1. The predicted molar refractivity (Wildman–Crippen MR) is 131 cm³/mol. The number of hydrogen-bond donors (Lipinski definition) is 1. The monoisotopic (exact) mass is 441 g/mol. The number of nitrogens with zero attached hydrogens (tertiary/aromatic N) is 4. The first-order valence-electron chi connectivity index (χ1n) is 10.8. The van der Waals surface area contributed by atoms with E-state index in [1.165, 1.54) is 4.52 Å². The van der Waals surface area contributed by atoms with Crippen LogP contribution in [0.4, 0.5) is 5.69 Å². The zero-order chi connectivity index (χ0) is 23.7. The Balaban J connectivity index is 1.75. The van der Waals surface area contributed by atoms with Crippen LogP contribution in [-0.2, 0) is 17.8 Å². The Labute approximate surface area is 192 Å². The normalized spacial score (nSPS) is 11.0. The van der Waals surface area contributed by atoms with Crippen molar-refractivity contribution in [1.82, 2.24) is 19.2 Å². The predicted octanol–water partition coefficient (Wildman–Crippen LogP) is 4.16. The van der Waals surface area contributed by atoms with Crippen molar-refractivity contribution in [3.63, 3.8) is 0 Å². The second kappa shape index (κ2) is 8.86. The third kappa shape index (κ3) is 4.35. The van der Waals surface area contributed by atoms with Gasteiger partial charge in [0, 0.05) is 29.1 Å². The van der Waals surface area contributed by atoms with Crippen molar-refractivity contribution in [2.45, 2.75) is 40.7 Å². The smallest absolute Gasteiger partial charge is 0.279 e. The fourth-order valence-corrected chi connectivity index (χ4v) is 3.77. The SMILES string of the molecule is C=CCn1c(C)c(CC(=O)Nc2ccc(C)c(C)c2)c(=O)n2nc(-c3ccc(C)cc3)nc12. The highest BCUT2D eigenvalue weighted by Crippen LogP contribution is 2.19. The molecule has 168 valence electrons. The van der Waals surface area contributed by atoms with Gasteiger partial charge in [-0.15, -0.1) is 11.7 Å². The van der Waals surface area contributed by atoms with Crippen LogP contribution in [0.5, 0.6) is 0 Å². The number of aromatic nitrogens is 4. The van der Waals surface area contributed by atoms with Crippen molar-refractivity contribution < 1.29 is 4.79 Å². The molecule has 0 aliphatic heterocycles. The maximum atomic E-state index is 13.3. The number of fused-ring (bicyclic) bond motifs is 1. The van der Waals surface area contributed by atoms with Gasteiger partial charge in [0.15, 0.2) is 5.82 Å². The standard InChI is InChI=1S/C26H27N5O2/c1-6-13-30-19(5)22(15-23(32)27-21-12-9-17(3)18(4)14-21)25(33)31-26(30)28-24(29-31)20-10-7-16(2)8-11-20/h6-12,14H,1,13,15H2,2-5H3,(H,27,32). The summed E-state index contributed by atoms with van der Waals surface area (Å²) in [7, 11) is 0. The molecule has 0 saturated heterocycles. The molecule has 0 aliphatic carbocycles. The van der Waals surface area contributed by atoms with Crippen LogP contribution < -0.4 is 10.9 Å². The molecule has 7 heteroatoms. The van der Waals surface area contributed by atoms with Gasteiger partial charge >= 0.3 is 0 Å². The van der Waals surface area contributed by atoms with E-state index in [2.05, 4.69) is 22.0 Å². The third-order valence-electron chi connectivity index (χ3n) is 5.87. The highest BCUT2D eigenvalue weighted by atomic mass is 16.2. The molecule has 2 heterocycles. The van der Waals surface area contributed by atoms with Crippen molar-refractivity contribution in [3.05, 3.63) is 93.4 Å². The molecule has 1 N–H and O–H groups in total. The van der Waals surface area contributed by atoms with Gasteiger partial charge in [-0.25, -0.2) is 0 Å². The number of benzene rings is 2. The Morgan fingerprint density at radius 2 is 1.79 bits per heavy atom. The van der Waals surface area contributed by atoms with E-state index < -0.39 is 0 Å². The summed E-state index contributed by atoms with van der Waals surface area (Å²) in [5.41, 5.74) is 5.60. The summed E-state index contributed by atoms with van der Waals surface area (Å²) >= 11 is 0. The molecule has 7 nitrogen and oxygen atoms in total. The average molecular weight is 442 g/mol. The molecule has 2 aromatic carbocycles. The van der Waals surface area contributed by atoms with Crippen molar-refractivity contribution in [3.8, 4) is 11.4 Å². The van der Waals surface area contributed by atoms with Crippen molar-refractivity contribution >= 4 is 17.4 Å². The number of aryl methyl sites for hydroxylation is 3. The van der Waals surface area contributed by atoms with Crippen molar-refractivity contribution in [2.24, 2.45) is 0 Å². The van der Waals surface area contributed by atoms with E-state index in [0.717, 1.165) is 22.3 Å². The fourth-order valence-electron chi connectivity index (χ4n) is 3.77. The summed E-state index contributed by atoms with van der Waals surface area (Å²) in [6.45, 7) is 12.1. The first kappa shape index (κ1) is 22.2. The van der Waals surface area contributed by atoms with Crippen molar-refractivity contribution in [2.75, 3.05) is 5.32 Å². The Kier molecular flexibility index (Phi) is 5.96. The molecular weight excluding hydrogens is 414 g/mol. The first-order chi connectivity index (χ1) is 15.8. The molecule has 0 aliphatic rings. The van der Waals surface area contributed by atoms with Gasteiger partial charge in [-0.2, -0.15) is 9.50 Å².